The highest BCUT2D eigenvalue weighted by atomic mass is 16.5. The van der Waals surface area contributed by atoms with E-state index in [1.165, 1.54) is 0 Å². The number of likely N-dealkylation sites (N-methyl/N-ethyl adjacent to an activating group) is 1. The largest absolute Gasteiger partial charge is 0.491 e. The Bertz CT molecular complexity index is 630. The third-order valence-electron chi connectivity index (χ3n) is 3.16. The van der Waals surface area contributed by atoms with E-state index in [1.54, 1.807) is 24.3 Å². The van der Waals surface area contributed by atoms with Crippen LogP contribution in [0.1, 0.15) is 0 Å². The predicted octanol–water partition coefficient (Wildman–Crippen LogP) is 2.63. The second-order valence-corrected chi connectivity index (χ2v) is 5.70. The Morgan fingerprint density at radius 2 is 1.62 bits per heavy atom. The molecule has 6 heteroatoms. The average molecular weight is 329 g/mol. The van der Waals surface area contributed by atoms with Crippen molar-refractivity contribution in [2.24, 2.45) is 0 Å². The molecule has 0 saturated carbocycles. The predicted molar refractivity (Wildman–Crippen MR) is 95.6 cm³/mol. The van der Waals surface area contributed by atoms with E-state index in [0.29, 0.717) is 18.0 Å². The van der Waals surface area contributed by atoms with E-state index >= 15 is 0 Å². The van der Waals surface area contributed by atoms with Gasteiger partial charge >= 0.3 is 6.03 Å². The number of carbonyl (C=O) groups is 1. The van der Waals surface area contributed by atoms with Gasteiger partial charge in [0, 0.05) is 17.9 Å². The Morgan fingerprint density at radius 3 is 2.21 bits per heavy atom. The zero-order valence-corrected chi connectivity index (χ0v) is 13.9. The number of benzene rings is 2. The minimum absolute atomic E-state index is 0.222. The van der Waals surface area contributed by atoms with Crippen molar-refractivity contribution < 1.29 is 14.6 Å². The number of urea groups is 1. The lowest BCUT2D eigenvalue weighted by molar-refractivity contribution is 0.0831. The molecule has 24 heavy (non-hydrogen) atoms. The van der Waals surface area contributed by atoms with Crippen molar-refractivity contribution in [1.82, 2.24) is 4.90 Å². The first-order chi connectivity index (χ1) is 11.5. The van der Waals surface area contributed by atoms with Crippen LogP contribution in [0.2, 0.25) is 0 Å². The molecule has 0 aliphatic heterocycles. The molecule has 0 radical (unpaired) electrons. The van der Waals surface area contributed by atoms with E-state index in [2.05, 4.69) is 10.6 Å². The fourth-order valence-electron chi connectivity index (χ4n) is 2.12. The van der Waals surface area contributed by atoms with Gasteiger partial charge in [-0.25, -0.2) is 4.79 Å². The van der Waals surface area contributed by atoms with Crippen LogP contribution in [0.15, 0.2) is 54.6 Å². The number of ether oxygens (including phenoxy) is 1. The van der Waals surface area contributed by atoms with Gasteiger partial charge in [-0.15, -0.1) is 0 Å². The van der Waals surface area contributed by atoms with E-state index in [9.17, 15) is 9.90 Å². The molecule has 1 atom stereocenters. The smallest absolute Gasteiger partial charge is 0.323 e. The highest BCUT2D eigenvalue weighted by Crippen LogP contribution is 2.16. The lowest BCUT2D eigenvalue weighted by atomic mass is 10.3. The van der Waals surface area contributed by atoms with Crippen molar-refractivity contribution in [3.63, 3.8) is 0 Å². The van der Waals surface area contributed by atoms with E-state index in [4.69, 9.17) is 4.74 Å². The van der Waals surface area contributed by atoms with Gasteiger partial charge in [-0.05, 0) is 50.5 Å². The van der Waals surface area contributed by atoms with Crippen LogP contribution in [0.4, 0.5) is 16.2 Å². The molecule has 0 aliphatic carbocycles. The molecule has 0 aliphatic rings. The van der Waals surface area contributed by atoms with Crippen LogP contribution >= 0.6 is 0 Å². The number of nitrogens with one attached hydrogen (secondary N) is 2. The Hall–Kier alpha value is -2.57. The normalized spacial score (nSPS) is 11.8. The topological polar surface area (TPSA) is 73.8 Å². The van der Waals surface area contributed by atoms with Crippen LogP contribution in [0.25, 0.3) is 0 Å². The quantitative estimate of drug-likeness (QED) is 0.730. The summed E-state index contributed by atoms with van der Waals surface area (Å²) in [5.74, 6) is 0.641. The zero-order chi connectivity index (χ0) is 17.4. The van der Waals surface area contributed by atoms with Crippen LogP contribution in [-0.4, -0.2) is 49.4 Å². The van der Waals surface area contributed by atoms with Gasteiger partial charge in [0.15, 0.2) is 0 Å². The molecule has 2 rings (SSSR count). The first kappa shape index (κ1) is 17.8. The van der Waals surface area contributed by atoms with Crippen molar-refractivity contribution in [3.8, 4) is 5.75 Å². The molecular formula is C18H23N3O3. The summed E-state index contributed by atoms with van der Waals surface area (Å²) in [5, 5.41) is 15.3. The Kier molecular flexibility index (Phi) is 6.60. The Balaban J connectivity index is 1.80. The maximum atomic E-state index is 11.9. The number of aliphatic hydroxyl groups excluding tert-OH is 1. The average Bonchev–Trinajstić information content (AvgIpc) is 2.54. The minimum Gasteiger partial charge on any atom is -0.491 e. The molecule has 0 heterocycles. The van der Waals surface area contributed by atoms with Crippen LogP contribution in [0, 0.1) is 0 Å². The highest BCUT2D eigenvalue weighted by molar-refractivity contribution is 5.99. The number of rotatable bonds is 7. The van der Waals surface area contributed by atoms with Crippen molar-refractivity contribution in [3.05, 3.63) is 54.6 Å². The second kappa shape index (κ2) is 8.90. The lowest BCUT2D eigenvalue weighted by Gasteiger charge is -2.16. The summed E-state index contributed by atoms with van der Waals surface area (Å²) in [6, 6.07) is 15.9. The molecule has 0 spiro atoms. The third kappa shape index (κ3) is 6.28. The molecule has 0 unspecified atom stereocenters. The summed E-state index contributed by atoms with van der Waals surface area (Å²) in [5.41, 5.74) is 1.38. The van der Waals surface area contributed by atoms with Crippen molar-refractivity contribution in [2.75, 3.05) is 37.9 Å². The number of aliphatic hydroxyl groups is 1. The van der Waals surface area contributed by atoms with Crippen LogP contribution in [-0.2, 0) is 0 Å². The Labute approximate surface area is 142 Å². The standard InChI is InChI=1S/C18H23N3O3/c1-21(2)12-16(22)13-24-17-10-8-15(9-11-17)20-18(23)19-14-6-4-3-5-7-14/h3-11,16,22H,12-13H2,1-2H3,(H2,19,20,23)/t16-/m1/s1. The summed E-state index contributed by atoms with van der Waals surface area (Å²) in [6.45, 7) is 0.763. The first-order valence-corrected chi connectivity index (χ1v) is 7.71. The number of nitrogens with zero attached hydrogens (tertiary/aromatic N) is 1. The summed E-state index contributed by atoms with van der Waals surface area (Å²) < 4.78 is 5.52. The summed E-state index contributed by atoms with van der Waals surface area (Å²) in [4.78, 5) is 13.8. The molecule has 0 aromatic heterocycles. The van der Waals surface area contributed by atoms with Crippen LogP contribution < -0.4 is 15.4 Å². The van der Waals surface area contributed by atoms with Crippen molar-refractivity contribution in [1.29, 1.82) is 0 Å². The Morgan fingerprint density at radius 1 is 1.04 bits per heavy atom. The van der Waals surface area contributed by atoms with Gasteiger partial charge in [-0.3, -0.25) is 0 Å². The molecule has 3 N–H and O–H groups in total. The number of para-hydroxylation sites is 1. The lowest BCUT2D eigenvalue weighted by Crippen LogP contribution is -2.30. The molecule has 128 valence electrons. The van der Waals surface area contributed by atoms with Crippen LogP contribution in [0.5, 0.6) is 5.75 Å². The molecular weight excluding hydrogens is 306 g/mol. The van der Waals surface area contributed by atoms with Crippen molar-refractivity contribution in [2.45, 2.75) is 6.10 Å². The van der Waals surface area contributed by atoms with Gasteiger partial charge in [0.2, 0.25) is 0 Å². The number of anilines is 2. The second-order valence-electron chi connectivity index (χ2n) is 5.70. The fourth-order valence-corrected chi connectivity index (χ4v) is 2.12. The van der Waals surface area contributed by atoms with Gasteiger partial charge in [0.1, 0.15) is 18.5 Å². The molecule has 0 bridgehead atoms. The van der Waals surface area contributed by atoms with Gasteiger partial charge in [-0.1, -0.05) is 18.2 Å². The van der Waals surface area contributed by atoms with Gasteiger partial charge in [0.25, 0.3) is 0 Å². The molecule has 2 aromatic rings. The van der Waals surface area contributed by atoms with Crippen LogP contribution in [0.3, 0.4) is 0 Å². The van der Waals surface area contributed by atoms with Gasteiger partial charge < -0.3 is 25.4 Å². The molecule has 0 saturated heterocycles. The van der Waals surface area contributed by atoms with E-state index in [-0.39, 0.29) is 12.6 Å². The molecule has 2 amide bonds. The number of hydrogen-bond acceptors (Lipinski definition) is 4. The summed E-state index contributed by atoms with van der Waals surface area (Å²) >= 11 is 0. The summed E-state index contributed by atoms with van der Waals surface area (Å²) in [6.07, 6.45) is -0.547. The highest BCUT2D eigenvalue weighted by Gasteiger charge is 2.07. The first-order valence-electron chi connectivity index (χ1n) is 7.71. The van der Waals surface area contributed by atoms with E-state index < -0.39 is 6.10 Å². The molecule has 2 aromatic carbocycles. The van der Waals surface area contributed by atoms with Gasteiger partial charge in [-0.2, -0.15) is 0 Å². The summed E-state index contributed by atoms with van der Waals surface area (Å²) in [7, 11) is 3.79. The monoisotopic (exact) mass is 329 g/mol. The fraction of sp³-hybridized carbons (Fsp3) is 0.278. The number of hydrogen-bond donors (Lipinski definition) is 3. The third-order valence-corrected chi connectivity index (χ3v) is 3.16. The minimum atomic E-state index is -0.547. The van der Waals surface area contributed by atoms with E-state index in [1.807, 2.05) is 49.3 Å². The maximum Gasteiger partial charge on any atom is 0.323 e. The number of amides is 2. The van der Waals surface area contributed by atoms with E-state index in [0.717, 1.165) is 5.69 Å². The van der Waals surface area contributed by atoms with Crippen molar-refractivity contribution >= 4 is 17.4 Å². The zero-order valence-electron chi connectivity index (χ0n) is 13.9. The SMILES string of the molecule is CN(C)C[C@@H](O)COc1ccc(NC(=O)Nc2ccccc2)cc1. The maximum absolute atomic E-state index is 11.9. The molecule has 6 nitrogen and oxygen atoms in total. The van der Waals surface area contributed by atoms with Gasteiger partial charge in [0.05, 0.1) is 0 Å². The number of carbonyl (C=O) groups excluding carboxylic acids is 1. The molecule has 0 fully saturated rings.